The number of ether oxygens (including phenoxy) is 1. The van der Waals surface area contributed by atoms with Crippen molar-refractivity contribution in [1.82, 2.24) is 0 Å². The minimum atomic E-state index is -0.525. The van der Waals surface area contributed by atoms with Crippen LogP contribution >= 0.6 is 0 Å². The van der Waals surface area contributed by atoms with Crippen molar-refractivity contribution in [2.24, 2.45) is 0 Å². The first kappa shape index (κ1) is 18.2. The van der Waals surface area contributed by atoms with Gasteiger partial charge in [-0.25, -0.2) is 4.79 Å². The molecule has 0 aliphatic heterocycles. The molecule has 6 nitrogen and oxygen atoms in total. The zero-order valence-corrected chi connectivity index (χ0v) is 14.2. The zero-order chi connectivity index (χ0) is 18.2. The van der Waals surface area contributed by atoms with Crippen LogP contribution in [0.15, 0.2) is 48.5 Å². The van der Waals surface area contributed by atoms with Gasteiger partial charge in [-0.15, -0.1) is 0 Å². The van der Waals surface area contributed by atoms with Gasteiger partial charge in [0.25, 0.3) is 0 Å². The van der Waals surface area contributed by atoms with Crippen LogP contribution in [0.1, 0.15) is 29.3 Å². The van der Waals surface area contributed by atoms with E-state index in [4.69, 9.17) is 4.74 Å². The number of hydrogen-bond acceptors (Lipinski definition) is 4. The number of nitrogens with one attached hydrogen (secondary N) is 2. The standard InChI is InChI=1S/C19H20N2O4/c1-3-25-19(24)15-9-4-5-10-16(15)21-18(23)12-17(22)20-14-8-6-7-13(2)11-14/h4-11H,3,12H2,1-2H3,(H,20,22)(H,21,23). The molecule has 0 spiro atoms. The molecule has 0 bridgehead atoms. The highest BCUT2D eigenvalue weighted by molar-refractivity contribution is 6.09. The van der Waals surface area contributed by atoms with Crippen LogP contribution < -0.4 is 10.6 Å². The summed E-state index contributed by atoms with van der Waals surface area (Å²) in [7, 11) is 0. The molecule has 2 aromatic carbocycles. The van der Waals surface area contributed by atoms with Gasteiger partial charge < -0.3 is 15.4 Å². The number of esters is 1. The van der Waals surface area contributed by atoms with Gasteiger partial charge in [0, 0.05) is 5.69 Å². The van der Waals surface area contributed by atoms with Crippen LogP contribution in [0.2, 0.25) is 0 Å². The molecule has 0 unspecified atom stereocenters. The number of amides is 2. The van der Waals surface area contributed by atoms with E-state index in [9.17, 15) is 14.4 Å². The lowest BCUT2D eigenvalue weighted by Gasteiger charge is -2.10. The molecule has 2 amide bonds. The van der Waals surface area contributed by atoms with Crippen LogP contribution in [0.5, 0.6) is 0 Å². The van der Waals surface area contributed by atoms with Gasteiger partial charge in [-0.1, -0.05) is 24.3 Å². The fourth-order valence-corrected chi connectivity index (χ4v) is 2.25. The topological polar surface area (TPSA) is 84.5 Å². The molecule has 0 heterocycles. The van der Waals surface area contributed by atoms with Gasteiger partial charge in [-0.3, -0.25) is 9.59 Å². The number of benzene rings is 2. The second-order valence-electron chi connectivity index (χ2n) is 5.41. The predicted octanol–water partition coefficient (Wildman–Crippen LogP) is 3.14. The van der Waals surface area contributed by atoms with Gasteiger partial charge in [0.15, 0.2) is 0 Å². The van der Waals surface area contributed by atoms with E-state index in [1.165, 1.54) is 0 Å². The van der Waals surface area contributed by atoms with Crippen LogP contribution in [0.3, 0.4) is 0 Å². The number of rotatable bonds is 6. The van der Waals surface area contributed by atoms with Crippen molar-refractivity contribution in [3.8, 4) is 0 Å². The Kier molecular flexibility index (Phi) is 6.28. The second kappa shape index (κ2) is 8.63. The number of hydrogen-bond donors (Lipinski definition) is 2. The molecule has 0 aromatic heterocycles. The maximum Gasteiger partial charge on any atom is 0.340 e. The highest BCUT2D eigenvalue weighted by Crippen LogP contribution is 2.17. The largest absolute Gasteiger partial charge is 0.462 e. The van der Waals surface area contributed by atoms with Crippen molar-refractivity contribution in [3.05, 3.63) is 59.7 Å². The average molecular weight is 340 g/mol. The van der Waals surface area contributed by atoms with Crippen molar-refractivity contribution in [3.63, 3.8) is 0 Å². The summed E-state index contributed by atoms with van der Waals surface area (Å²) in [4.78, 5) is 36.0. The molecule has 0 saturated heterocycles. The average Bonchev–Trinajstić information content (AvgIpc) is 2.55. The molecule has 0 fully saturated rings. The number of para-hydroxylation sites is 1. The molecule has 6 heteroatoms. The normalized spacial score (nSPS) is 10.0. The lowest BCUT2D eigenvalue weighted by atomic mass is 10.1. The van der Waals surface area contributed by atoms with Gasteiger partial charge in [-0.2, -0.15) is 0 Å². The van der Waals surface area contributed by atoms with Gasteiger partial charge in [0.2, 0.25) is 11.8 Å². The van der Waals surface area contributed by atoms with E-state index >= 15 is 0 Å². The molecular weight excluding hydrogens is 320 g/mol. The second-order valence-corrected chi connectivity index (χ2v) is 5.41. The van der Waals surface area contributed by atoms with Crippen LogP contribution in [0.25, 0.3) is 0 Å². The van der Waals surface area contributed by atoms with E-state index < -0.39 is 17.8 Å². The Morgan fingerprint density at radius 2 is 1.68 bits per heavy atom. The van der Waals surface area contributed by atoms with Gasteiger partial charge in [0.05, 0.1) is 17.9 Å². The summed E-state index contributed by atoms with van der Waals surface area (Å²) in [5, 5.41) is 5.24. The van der Waals surface area contributed by atoms with Crippen molar-refractivity contribution in [1.29, 1.82) is 0 Å². The third-order valence-electron chi connectivity index (χ3n) is 3.32. The monoisotopic (exact) mass is 340 g/mol. The van der Waals surface area contributed by atoms with Gasteiger partial charge in [0.1, 0.15) is 6.42 Å². The number of carbonyl (C=O) groups is 3. The first-order chi connectivity index (χ1) is 12.0. The summed E-state index contributed by atoms with van der Waals surface area (Å²) >= 11 is 0. The van der Waals surface area contributed by atoms with E-state index in [0.717, 1.165) is 5.56 Å². The van der Waals surface area contributed by atoms with Crippen LogP contribution in [-0.4, -0.2) is 24.4 Å². The summed E-state index contributed by atoms with van der Waals surface area (Å²) in [6.07, 6.45) is -0.356. The van der Waals surface area contributed by atoms with Crippen molar-refractivity contribution >= 4 is 29.2 Å². The van der Waals surface area contributed by atoms with Gasteiger partial charge in [-0.05, 0) is 43.7 Å². The quantitative estimate of drug-likeness (QED) is 0.625. The zero-order valence-electron chi connectivity index (χ0n) is 14.2. The molecule has 25 heavy (non-hydrogen) atoms. The molecule has 2 aromatic rings. The van der Waals surface area contributed by atoms with Crippen molar-refractivity contribution < 1.29 is 19.1 Å². The molecule has 2 rings (SSSR count). The summed E-state index contributed by atoms with van der Waals surface area (Å²) in [5.74, 6) is -1.47. The summed E-state index contributed by atoms with van der Waals surface area (Å²) in [6.45, 7) is 3.85. The van der Waals surface area contributed by atoms with E-state index in [2.05, 4.69) is 10.6 Å². The molecular formula is C19H20N2O4. The Balaban J connectivity index is 1.98. The van der Waals surface area contributed by atoms with Crippen molar-refractivity contribution in [2.45, 2.75) is 20.3 Å². The number of anilines is 2. The Morgan fingerprint density at radius 1 is 0.960 bits per heavy atom. The molecule has 0 aliphatic carbocycles. The Hall–Kier alpha value is -3.15. The fourth-order valence-electron chi connectivity index (χ4n) is 2.25. The molecule has 130 valence electrons. The SMILES string of the molecule is CCOC(=O)c1ccccc1NC(=O)CC(=O)Nc1cccc(C)c1. The van der Waals surface area contributed by atoms with Crippen molar-refractivity contribution in [2.75, 3.05) is 17.2 Å². The van der Waals surface area contributed by atoms with Crippen LogP contribution in [-0.2, 0) is 14.3 Å². The summed E-state index contributed by atoms with van der Waals surface area (Å²) in [5.41, 5.74) is 2.20. The summed E-state index contributed by atoms with van der Waals surface area (Å²) < 4.78 is 4.95. The third kappa shape index (κ3) is 5.46. The van der Waals surface area contributed by atoms with E-state index in [0.29, 0.717) is 11.4 Å². The predicted molar refractivity (Wildman–Crippen MR) is 95.5 cm³/mol. The molecule has 0 atom stereocenters. The smallest absolute Gasteiger partial charge is 0.340 e. The molecule has 0 radical (unpaired) electrons. The fraction of sp³-hybridized carbons (Fsp3) is 0.211. The van der Waals surface area contributed by atoms with Gasteiger partial charge >= 0.3 is 5.97 Å². The Bertz CT molecular complexity index is 786. The Morgan fingerprint density at radius 3 is 2.40 bits per heavy atom. The highest BCUT2D eigenvalue weighted by Gasteiger charge is 2.15. The maximum atomic E-state index is 12.1. The number of carbonyl (C=O) groups excluding carboxylic acids is 3. The molecule has 0 saturated carbocycles. The minimum Gasteiger partial charge on any atom is -0.462 e. The molecule has 0 aliphatic rings. The first-order valence-corrected chi connectivity index (χ1v) is 7.92. The third-order valence-corrected chi connectivity index (χ3v) is 3.32. The lowest BCUT2D eigenvalue weighted by Crippen LogP contribution is -2.22. The summed E-state index contributed by atoms with van der Waals surface area (Å²) in [6, 6.07) is 13.8. The number of aryl methyl sites for hydroxylation is 1. The maximum absolute atomic E-state index is 12.1. The van der Waals surface area contributed by atoms with Crippen LogP contribution in [0.4, 0.5) is 11.4 Å². The highest BCUT2D eigenvalue weighted by atomic mass is 16.5. The van der Waals surface area contributed by atoms with E-state index in [-0.39, 0.29) is 18.6 Å². The minimum absolute atomic E-state index is 0.236. The van der Waals surface area contributed by atoms with E-state index in [1.807, 2.05) is 25.1 Å². The Labute approximate surface area is 146 Å². The van der Waals surface area contributed by atoms with Crippen LogP contribution in [0, 0.1) is 6.92 Å². The molecule has 2 N–H and O–H groups in total. The van der Waals surface area contributed by atoms with E-state index in [1.54, 1.807) is 37.3 Å². The first-order valence-electron chi connectivity index (χ1n) is 7.92. The lowest BCUT2D eigenvalue weighted by molar-refractivity contribution is -0.123.